The zero-order chi connectivity index (χ0) is 27.4. The zero-order valence-electron chi connectivity index (χ0n) is 21.1. The number of fused-ring (bicyclic) bond motifs is 1. The second kappa shape index (κ2) is 9.33. The molecule has 1 aromatic carbocycles. The lowest BCUT2D eigenvalue weighted by Gasteiger charge is -2.29. The molecule has 4 heterocycles. The molecule has 0 radical (unpaired) electrons. The van der Waals surface area contributed by atoms with Crippen LogP contribution in [0, 0.1) is 12.7 Å². The van der Waals surface area contributed by atoms with E-state index < -0.39 is 23.3 Å². The van der Waals surface area contributed by atoms with Crippen LogP contribution in [0.25, 0.3) is 16.8 Å². The Morgan fingerprint density at radius 3 is 2.56 bits per heavy atom. The average Bonchev–Trinajstić information content (AvgIpc) is 3.62. The predicted octanol–water partition coefficient (Wildman–Crippen LogP) is 5.53. The molecule has 0 unspecified atom stereocenters. The van der Waals surface area contributed by atoms with Crippen molar-refractivity contribution in [1.82, 2.24) is 14.4 Å². The third-order valence-corrected chi connectivity index (χ3v) is 7.50. The highest BCUT2D eigenvalue weighted by atomic mass is 19.4. The number of morpholine rings is 1. The second-order valence-electron chi connectivity index (χ2n) is 9.98. The SMILES string of the molecule is Cc1cc(F)c(NC(=O)c2ccnc(C3(C(F)(F)F)CC3)c2)cc1-c1cc(N2CCOCC2)c2nccn2c1. The first kappa shape index (κ1) is 25.3. The van der Waals surface area contributed by atoms with Crippen molar-refractivity contribution in [3.63, 3.8) is 0 Å². The van der Waals surface area contributed by atoms with Gasteiger partial charge in [-0.2, -0.15) is 13.2 Å². The number of rotatable bonds is 5. The van der Waals surface area contributed by atoms with Crippen LogP contribution in [0.1, 0.15) is 34.5 Å². The van der Waals surface area contributed by atoms with Gasteiger partial charge in [-0.1, -0.05) is 0 Å². The number of halogens is 4. The minimum Gasteiger partial charge on any atom is -0.378 e. The molecule has 7 nitrogen and oxygen atoms in total. The normalized spacial score (nSPS) is 16.9. The first-order valence-electron chi connectivity index (χ1n) is 12.6. The smallest absolute Gasteiger partial charge is 0.378 e. The van der Waals surface area contributed by atoms with E-state index in [1.165, 1.54) is 18.3 Å². The van der Waals surface area contributed by atoms with Gasteiger partial charge in [0.15, 0.2) is 5.65 Å². The van der Waals surface area contributed by atoms with Crippen molar-refractivity contribution in [1.29, 1.82) is 0 Å². The number of carbonyl (C=O) groups is 1. The second-order valence-corrected chi connectivity index (χ2v) is 9.98. The lowest BCUT2D eigenvalue weighted by Crippen LogP contribution is -2.36. The van der Waals surface area contributed by atoms with Crippen LogP contribution in [0.15, 0.2) is 55.1 Å². The quantitative estimate of drug-likeness (QED) is 0.338. The molecule has 4 aromatic rings. The fourth-order valence-corrected chi connectivity index (χ4v) is 5.12. The van der Waals surface area contributed by atoms with Crippen LogP contribution < -0.4 is 10.2 Å². The summed E-state index contributed by atoms with van der Waals surface area (Å²) in [4.78, 5) is 23.6. The Bertz CT molecular complexity index is 1570. The van der Waals surface area contributed by atoms with Crippen LogP contribution >= 0.6 is 0 Å². The highest BCUT2D eigenvalue weighted by Crippen LogP contribution is 2.58. The van der Waals surface area contributed by atoms with Gasteiger partial charge in [-0.3, -0.25) is 9.78 Å². The van der Waals surface area contributed by atoms with Crippen LogP contribution in [-0.2, 0) is 10.2 Å². The lowest BCUT2D eigenvalue weighted by atomic mass is 9.99. The Kier molecular flexibility index (Phi) is 6.05. The molecule has 2 fully saturated rings. The molecule has 0 spiro atoms. The summed E-state index contributed by atoms with van der Waals surface area (Å²) in [7, 11) is 0. The van der Waals surface area contributed by atoms with E-state index in [0.717, 1.165) is 23.0 Å². The van der Waals surface area contributed by atoms with Crippen LogP contribution in [0.2, 0.25) is 0 Å². The van der Waals surface area contributed by atoms with E-state index in [1.807, 2.05) is 22.9 Å². The fraction of sp³-hybridized carbons (Fsp3) is 0.321. The number of imidazole rings is 1. The molecule has 1 saturated carbocycles. The van der Waals surface area contributed by atoms with Crippen LogP contribution in [0.4, 0.5) is 28.9 Å². The van der Waals surface area contributed by atoms with E-state index >= 15 is 4.39 Å². The molecule has 1 aliphatic carbocycles. The van der Waals surface area contributed by atoms with Crippen molar-refractivity contribution in [3.8, 4) is 11.1 Å². The summed E-state index contributed by atoms with van der Waals surface area (Å²) < 4.78 is 63.1. The van der Waals surface area contributed by atoms with Crippen molar-refractivity contribution in [3.05, 3.63) is 77.8 Å². The Morgan fingerprint density at radius 2 is 1.85 bits per heavy atom. The maximum absolute atomic E-state index is 15.0. The topological polar surface area (TPSA) is 71.8 Å². The summed E-state index contributed by atoms with van der Waals surface area (Å²) in [6.45, 7) is 4.39. The van der Waals surface area contributed by atoms with E-state index in [9.17, 15) is 18.0 Å². The summed E-state index contributed by atoms with van der Waals surface area (Å²) in [5.74, 6) is -1.37. The first-order chi connectivity index (χ1) is 18.7. The van der Waals surface area contributed by atoms with Gasteiger partial charge in [-0.05, 0) is 61.2 Å². The molecule has 1 N–H and O–H groups in total. The third kappa shape index (κ3) is 4.50. The van der Waals surface area contributed by atoms with Gasteiger partial charge in [0.05, 0.1) is 30.3 Å². The maximum Gasteiger partial charge on any atom is 0.399 e. The van der Waals surface area contributed by atoms with Gasteiger partial charge < -0.3 is 19.4 Å². The van der Waals surface area contributed by atoms with Gasteiger partial charge in [0, 0.05) is 49.0 Å². The molecule has 1 amide bonds. The molecule has 202 valence electrons. The minimum absolute atomic E-state index is 0.0218. The summed E-state index contributed by atoms with van der Waals surface area (Å²) in [6, 6.07) is 7.33. The zero-order valence-corrected chi connectivity index (χ0v) is 21.1. The number of pyridine rings is 2. The molecule has 0 atom stereocenters. The minimum atomic E-state index is -4.45. The van der Waals surface area contributed by atoms with E-state index in [4.69, 9.17) is 4.74 Å². The maximum atomic E-state index is 15.0. The van der Waals surface area contributed by atoms with Crippen molar-refractivity contribution in [2.24, 2.45) is 0 Å². The molecule has 1 aliphatic heterocycles. The number of hydrogen-bond donors (Lipinski definition) is 1. The number of alkyl halides is 3. The molecule has 39 heavy (non-hydrogen) atoms. The summed E-state index contributed by atoms with van der Waals surface area (Å²) in [5, 5.41) is 2.54. The van der Waals surface area contributed by atoms with Gasteiger partial charge in [0.1, 0.15) is 11.2 Å². The molecular formula is C28H25F4N5O2. The molecule has 1 saturated heterocycles. The predicted molar refractivity (Wildman–Crippen MR) is 138 cm³/mol. The molecule has 3 aromatic heterocycles. The number of hydrogen-bond acceptors (Lipinski definition) is 5. The number of carbonyl (C=O) groups excluding carboxylic acids is 1. The number of nitrogens with one attached hydrogen (secondary N) is 1. The molecule has 0 bridgehead atoms. The lowest BCUT2D eigenvalue weighted by molar-refractivity contribution is -0.161. The van der Waals surface area contributed by atoms with E-state index in [1.54, 1.807) is 19.2 Å². The highest BCUT2D eigenvalue weighted by Gasteiger charge is 2.65. The van der Waals surface area contributed by atoms with Crippen LogP contribution in [0.3, 0.4) is 0 Å². The Hall–Kier alpha value is -3.99. The summed E-state index contributed by atoms with van der Waals surface area (Å²) in [6.07, 6.45) is 2.01. The Labute approximate surface area is 221 Å². The number of aromatic nitrogens is 3. The van der Waals surface area contributed by atoms with Crippen molar-refractivity contribution in [2.45, 2.75) is 31.4 Å². The molecule has 2 aliphatic rings. The monoisotopic (exact) mass is 539 g/mol. The summed E-state index contributed by atoms with van der Waals surface area (Å²) >= 11 is 0. The largest absolute Gasteiger partial charge is 0.399 e. The molecule has 6 rings (SSSR count). The van der Waals surface area contributed by atoms with Crippen molar-refractivity contribution < 1.29 is 27.1 Å². The number of benzene rings is 1. The van der Waals surface area contributed by atoms with Gasteiger partial charge in [-0.15, -0.1) is 0 Å². The van der Waals surface area contributed by atoms with Gasteiger partial charge in [0.2, 0.25) is 0 Å². The molecule has 11 heteroatoms. The van der Waals surface area contributed by atoms with E-state index in [0.29, 0.717) is 37.4 Å². The van der Waals surface area contributed by atoms with E-state index in [2.05, 4.69) is 20.2 Å². The number of anilines is 2. The standard InChI is InChI=1S/C28H25F4N5O2/c1-17-12-21(29)22(35-26(38)18-2-5-33-24(14-18)27(3-4-27)28(30,31)32)15-20(17)19-13-23(36-8-10-39-11-9-36)25-34-6-7-37(25)16-19/h2,5-7,12-16H,3-4,8-11H2,1H3,(H,35,38). The number of ether oxygens (including phenoxy) is 1. The Balaban J connectivity index is 1.33. The van der Waals surface area contributed by atoms with Crippen molar-refractivity contribution in [2.75, 3.05) is 36.5 Å². The fourth-order valence-electron chi connectivity index (χ4n) is 5.12. The van der Waals surface area contributed by atoms with Gasteiger partial charge in [-0.25, -0.2) is 9.37 Å². The average molecular weight is 540 g/mol. The van der Waals surface area contributed by atoms with Crippen LogP contribution in [-0.4, -0.2) is 52.8 Å². The van der Waals surface area contributed by atoms with Crippen LogP contribution in [0.5, 0.6) is 0 Å². The first-order valence-corrected chi connectivity index (χ1v) is 12.6. The van der Waals surface area contributed by atoms with E-state index in [-0.39, 0.29) is 29.8 Å². The third-order valence-electron chi connectivity index (χ3n) is 7.50. The van der Waals surface area contributed by atoms with Gasteiger partial charge in [0.25, 0.3) is 5.91 Å². The van der Waals surface area contributed by atoms with Crippen molar-refractivity contribution >= 4 is 22.9 Å². The number of amides is 1. The Morgan fingerprint density at radius 1 is 1.08 bits per heavy atom. The highest BCUT2D eigenvalue weighted by molar-refractivity contribution is 6.04. The number of nitrogens with zero attached hydrogens (tertiary/aromatic N) is 4. The molecular weight excluding hydrogens is 514 g/mol. The number of aryl methyl sites for hydroxylation is 1. The summed E-state index contributed by atoms with van der Waals surface area (Å²) in [5.41, 5.74) is 1.54. The van der Waals surface area contributed by atoms with Gasteiger partial charge >= 0.3 is 6.18 Å².